The van der Waals surface area contributed by atoms with E-state index in [2.05, 4.69) is 5.10 Å². The predicted octanol–water partition coefficient (Wildman–Crippen LogP) is 4.10. The number of aromatic nitrogens is 2. The molecule has 0 saturated heterocycles. The van der Waals surface area contributed by atoms with E-state index in [1.807, 2.05) is 65.0 Å². The van der Waals surface area contributed by atoms with Crippen LogP contribution in [0.15, 0.2) is 35.2 Å². The molecule has 1 atom stereocenters. The Hall–Kier alpha value is -1.66. The standard InChI is InChI=1S/C19H29N3O2S/c1-13(2)18(17-11-9-8-10-12-17)21(7)25(23,24)19-15(5)20-22(14(3)4)16(19)6/h8-14,18H,1-7H3/t18-/m1/s1. The molecule has 2 rings (SSSR count). The molecule has 0 spiro atoms. The number of aryl methyl sites for hydroxylation is 1. The van der Waals surface area contributed by atoms with Crippen LogP contribution in [0.5, 0.6) is 0 Å². The van der Waals surface area contributed by atoms with Gasteiger partial charge in [-0.15, -0.1) is 0 Å². The monoisotopic (exact) mass is 363 g/mol. The Morgan fingerprint density at radius 3 is 2.04 bits per heavy atom. The minimum absolute atomic E-state index is 0.114. The third-order valence-electron chi connectivity index (χ3n) is 4.55. The van der Waals surface area contributed by atoms with Crippen molar-refractivity contribution in [3.63, 3.8) is 0 Å². The second-order valence-corrected chi connectivity index (χ2v) is 9.09. The van der Waals surface area contributed by atoms with Crippen LogP contribution in [0.2, 0.25) is 0 Å². The number of hydrogen-bond donors (Lipinski definition) is 0. The summed E-state index contributed by atoms with van der Waals surface area (Å²) < 4.78 is 30.1. The first-order valence-electron chi connectivity index (χ1n) is 8.67. The summed E-state index contributed by atoms with van der Waals surface area (Å²) in [5, 5.41) is 4.45. The van der Waals surface area contributed by atoms with Crippen LogP contribution in [0.3, 0.4) is 0 Å². The third kappa shape index (κ3) is 3.65. The highest BCUT2D eigenvalue weighted by Gasteiger charge is 2.35. The van der Waals surface area contributed by atoms with E-state index in [9.17, 15) is 8.42 Å². The van der Waals surface area contributed by atoms with Crippen LogP contribution in [0, 0.1) is 19.8 Å². The SMILES string of the molecule is Cc1nn(C(C)C)c(C)c1S(=O)(=O)N(C)[C@@H](c1ccccc1)C(C)C. The van der Waals surface area contributed by atoms with Crippen LogP contribution in [0.1, 0.15) is 56.7 Å². The summed E-state index contributed by atoms with van der Waals surface area (Å²) in [6.45, 7) is 11.7. The Balaban J connectivity index is 2.55. The van der Waals surface area contributed by atoms with Crippen LogP contribution in [0.4, 0.5) is 0 Å². The summed E-state index contributed by atoms with van der Waals surface area (Å²) in [5.41, 5.74) is 2.23. The van der Waals surface area contributed by atoms with E-state index in [0.717, 1.165) is 5.56 Å². The van der Waals surface area contributed by atoms with Gasteiger partial charge in [-0.25, -0.2) is 8.42 Å². The predicted molar refractivity (Wildman–Crippen MR) is 101 cm³/mol. The fourth-order valence-electron chi connectivity index (χ4n) is 3.48. The highest BCUT2D eigenvalue weighted by molar-refractivity contribution is 7.89. The zero-order chi connectivity index (χ0) is 18.9. The lowest BCUT2D eigenvalue weighted by molar-refractivity contribution is 0.300. The molecule has 0 radical (unpaired) electrons. The van der Waals surface area contributed by atoms with Gasteiger partial charge in [-0.05, 0) is 39.2 Å². The maximum Gasteiger partial charge on any atom is 0.247 e. The Kier molecular flexibility index (Phi) is 5.74. The second-order valence-electron chi connectivity index (χ2n) is 7.16. The zero-order valence-electron chi connectivity index (χ0n) is 16.2. The van der Waals surface area contributed by atoms with E-state index in [4.69, 9.17) is 0 Å². The molecule has 0 saturated carbocycles. The van der Waals surface area contributed by atoms with Crippen molar-refractivity contribution in [2.24, 2.45) is 5.92 Å². The zero-order valence-corrected chi connectivity index (χ0v) is 17.0. The van der Waals surface area contributed by atoms with Crippen molar-refractivity contribution < 1.29 is 8.42 Å². The molecule has 1 aromatic heterocycles. The number of rotatable bonds is 6. The lowest BCUT2D eigenvalue weighted by Crippen LogP contribution is -2.34. The molecule has 1 aromatic carbocycles. The maximum absolute atomic E-state index is 13.4. The Bertz CT molecular complexity index is 824. The summed E-state index contributed by atoms with van der Waals surface area (Å²) in [4.78, 5) is 0.324. The molecule has 0 aliphatic heterocycles. The molecule has 25 heavy (non-hydrogen) atoms. The van der Waals surface area contributed by atoms with Crippen molar-refractivity contribution in [1.82, 2.24) is 14.1 Å². The van der Waals surface area contributed by atoms with Gasteiger partial charge in [0.1, 0.15) is 4.90 Å². The Morgan fingerprint density at radius 2 is 1.60 bits per heavy atom. The first-order chi connectivity index (χ1) is 11.6. The largest absolute Gasteiger partial charge is 0.266 e. The highest BCUT2D eigenvalue weighted by Crippen LogP contribution is 2.34. The molecule has 0 aliphatic rings. The molecule has 2 aromatic rings. The Morgan fingerprint density at radius 1 is 1.04 bits per heavy atom. The van der Waals surface area contributed by atoms with Gasteiger partial charge >= 0.3 is 0 Å². The molecule has 0 N–H and O–H groups in total. The summed E-state index contributed by atoms with van der Waals surface area (Å²) in [7, 11) is -1.99. The summed E-state index contributed by atoms with van der Waals surface area (Å²) in [6.07, 6.45) is 0. The average Bonchev–Trinajstić information content (AvgIpc) is 2.83. The van der Waals surface area contributed by atoms with Crippen molar-refractivity contribution >= 4 is 10.0 Å². The second kappa shape index (κ2) is 7.30. The molecule has 0 amide bonds. The molecule has 0 aliphatic carbocycles. The fourth-order valence-corrected chi connectivity index (χ4v) is 5.32. The summed E-state index contributed by atoms with van der Waals surface area (Å²) in [5.74, 6) is 0.142. The van der Waals surface area contributed by atoms with Gasteiger partial charge in [0, 0.05) is 13.1 Å². The van der Waals surface area contributed by atoms with Crippen LogP contribution in [-0.2, 0) is 10.0 Å². The quantitative estimate of drug-likeness (QED) is 0.776. The molecular weight excluding hydrogens is 334 g/mol. The lowest BCUT2D eigenvalue weighted by atomic mass is 9.96. The molecule has 6 heteroatoms. The molecule has 138 valence electrons. The van der Waals surface area contributed by atoms with Gasteiger partial charge < -0.3 is 0 Å². The van der Waals surface area contributed by atoms with Crippen molar-refractivity contribution in [1.29, 1.82) is 0 Å². The third-order valence-corrected chi connectivity index (χ3v) is 6.64. The number of benzene rings is 1. The maximum atomic E-state index is 13.4. The van der Waals surface area contributed by atoms with E-state index in [-0.39, 0.29) is 18.0 Å². The van der Waals surface area contributed by atoms with E-state index in [1.165, 1.54) is 4.31 Å². The molecular formula is C19H29N3O2S. The van der Waals surface area contributed by atoms with Gasteiger partial charge in [-0.1, -0.05) is 44.2 Å². The van der Waals surface area contributed by atoms with Crippen LogP contribution in [0.25, 0.3) is 0 Å². The van der Waals surface area contributed by atoms with Gasteiger partial charge in [0.2, 0.25) is 10.0 Å². The van der Waals surface area contributed by atoms with E-state index >= 15 is 0 Å². The summed E-state index contributed by atoms with van der Waals surface area (Å²) >= 11 is 0. The average molecular weight is 364 g/mol. The number of nitrogens with zero attached hydrogens (tertiary/aromatic N) is 3. The van der Waals surface area contributed by atoms with E-state index in [0.29, 0.717) is 16.3 Å². The first kappa shape index (κ1) is 19.7. The van der Waals surface area contributed by atoms with Gasteiger partial charge in [0.05, 0.1) is 17.4 Å². The van der Waals surface area contributed by atoms with Crippen LogP contribution < -0.4 is 0 Å². The van der Waals surface area contributed by atoms with Gasteiger partial charge in [0.15, 0.2) is 0 Å². The highest BCUT2D eigenvalue weighted by atomic mass is 32.2. The van der Waals surface area contributed by atoms with Crippen molar-refractivity contribution in [2.45, 2.75) is 58.5 Å². The van der Waals surface area contributed by atoms with Crippen molar-refractivity contribution in [3.05, 3.63) is 47.3 Å². The molecule has 5 nitrogen and oxygen atoms in total. The lowest BCUT2D eigenvalue weighted by Gasteiger charge is -2.31. The van der Waals surface area contributed by atoms with E-state index < -0.39 is 10.0 Å². The molecule has 0 unspecified atom stereocenters. The smallest absolute Gasteiger partial charge is 0.247 e. The van der Waals surface area contributed by atoms with Gasteiger partial charge in [-0.3, -0.25) is 4.68 Å². The number of hydrogen-bond acceptors (Lipinski definition) is 3. The summed E-state index contributed by atoms with van der Waals surface area (Å²) in [6, 6.07) is 9.67. The van der Waals surface area contributed by atoms with E-state index in [1.54, 1.807) is 18.7 Å². The molecule has 1 heterocycles. The van der Waals surface area contributed by atoms with Crippen molar-refractivity contribution in [3.8, 4) is 0 Å². The normalized spacial score (nSPS) is 13.8. The van der Waals surface area contributed by atoms with Gasteiger partial charge in [-0.2, -0.15) is 9.40 Å². The molecule has 0 bridgehead atoms. The van der Waals surface area contributed by atoms with Crippen LogP contribution in [-0.4, -0.2) is 29.6 Å². The Labute approximate surface area is 151 Å². The topological polar surface area (TPSA) is 55.2 Å². The van der Waals surface area contributed by atoms with Gasteiger partial charge in [0.25, 0.3) is 0 Å². The van der Waals surface area contributed by atoms with Crippen molar-refractivity contribution in [2.75, 3.05) is 7.05 Å². The first-order valence-corrected chi connectivity index (χ1v) is 10.1. The minimum atomic E-state index is -3.66. The minimum Gasteiger partial charge on any atom is -0.266 e. The number of sulfonamides is 1. The van der Waals surface area contributed by atoms with Crippen LogP contribution >= 0.6 is 0 Å². The molecule has 0 fully saturated rings. The fraction of sp³-hybridized carbons (Fsp3) is 0.526.